The third kappa shape index (κ3) is 2.72. The molecular weight excluding hydrogens is 236 g/mol. The Hall–Kier alpha value is -1.22. The zero-order valence-corrected chi connectivity index (χ0v) is 11.1. The molecule has 1 aromatic carbocycles. The minimum atomic E-state index is -0.202. The largest absolute Gasteiger partial charge is 0.360 e. The van der Waals surface area contributed by atoms with Gasteiger partial charge in [-0.1, -0.05) is 17.7 Å². The number of halogens is 1. The lowest BCUT2D eigenvalue weighted by Gasteiger charge is -2.39. The van der Waals surface area contributed by atoms with Gasteiger partial charge < -0.3 is 10.2 Å². The van der Waals surface area contributed by atoms with E-state index < -0.39 is 0 Å². The van der Waals surface area contributed by atoms with E-state index in [2.05, 4.69) is 10.2 Å². The number of nitrogens with one attached hydrogen (secondary N) is 1. The Bertz CT molecular complexity index is 457. The van der Waals surface area contributed by atoms with Crippen molar-refractivity contribution in [1.82, 2.24) is 5.32 Å². The van der Waals surface area contributed by atoms with Gasteiger partial charge in [0.25, 0.3) is 0 Å². The molecule has 92 valence electrons. The van der Waals surface area contributed by atoms with Gasteiger partial charge in [0.15, 0.2) is 0 Å². The third-order valence-electron chi connectivity index (χ3n) is 2.92. The first-order chi connectivity index (χ1) is 7.87. The molecule has 1 N–H and O–H groups in total. The summed E-state index contributed by atoms with van der Waals surface area (Å²) in [5.41, 5.74) is 1.85. The Morgan fingerprint density at radius 1 is 1.41 bits per heavy atom. The predicted molar refractivity (Wildman–Crippen MR) is 70.6 cm³/mol. The van der Waals surface area contributed by atoms with Gasteiger partial charge in [0, 0.05) is 17.3 Å². The summed E-state index contributed by atoms with van der Waals surface area (Å²) in [7, 11) is 0. The van der Waals surface area contributed by atoms with Gasteiger partial charge in [0.2, 0.25) is 5.91 Å². The van der Waals surface area contributed by atoms with Crippen LogP contribution in [0.15, 0.2) is 18.2 Å². The molecule has 0 atom stereocenters. The molecule has 0 bridgehead atoms. The van der Waals surface area contributed by atoms with E-state index >= 15 is 0 Å². The van der Waals surface area contributed by atoms with Crippen LogP contribution < -0.4 is 10.2 Å². The molecular formula is C13H17ClN2O. The maximum atomic E-state index is 11.6. The van der Waals surface area contributed by atoms with Gasteiger partial charge in [-0.05, 0) is 38.5 Å². The fraction of sp³-hybridized carbons (Fsp3) is 0.462. The predicted octanol–water partition coefficient (Wildman–Crippen LogP) is 2.36. The van der Waals surface area contributed by atoms with Gasteiger partial charge in [0.05, 0.1) is 12.1 Å². The van der Waals surface area contributed by atoms with Crippen molar-refractivity contribution in [2.75, 3.05) is 18.0 Å². The minimum absolute atomic E-state index is 0.0537. The fourth-order valence-electron chi connectivity index (χ4n) is 2.12. The number of piperazine rings is 1. The van der Waals surface area contributed by atoms with Crippen molar-refractivity contribution in [1.29, 1.82) is 0 Å². The summed E-state index contributed by atoms with van der Waals surface area (Å²) < 4.78 is 0. The van der Waals surface area contributed by atoms with Crippen LogP contribution in [0, 0.1) is 6.92 Å². The first-order valence-corrected chi connectivity index (χ1v) is 6.07. The molecule has 0 unspecified atom stereocenters. The van der Waals surface area contributed by atoms with Gasteiger partial charge in [-0.3, -0.25) is 4.79 Å². The minimum Gasteiger partial charge on any atom is -0.360 e. The molecule has 0 aromatic heterocycles. The van der Waals surface area contributed by atoms with Crippen LogP contribution in [0.4, 0.5) is 5.69 Å². The molecule has 1 fully saturated rings. The molecule has 0 spiro atoms. The van der Waals surface area contributed by atoms with Crippen molar-refractivity contribution in [2.45, 2.75) is 26.3 Å². The number of aryl methyl sites for hydroxylation is 1. The first kappa shape index (κ1) is 12.2. The van der Waals surface area contributed by atoms with Crippen LogP contribution in [-0.2, 0) is 4.79 Å². The number of carbonyl (C=O) groups is 1. The van der Waals surface area contributed by atoms with Crippen LogP contribution in [0.25, 0.3) is 0 Å². The molecule has 1 aliphatic heterocycles. The Kier molecular flexibility index (Phi) is 3.04. The van der Waals surface area contributed by atoms with Crippen molar-refractivity contribution in [2.24, 2.45) is 0 Å². The van der Waals surface area contributed by atoms with E-state index in [9.17, 15) is 4.79 Å². The second-order valence-corrected chi connectivity index (χ2v) is 5.63. The summed E-state index contributed by atoms with van der Waals surface area (Å²) in [4.78, 5) is 13.7. The Morgan fingerprint density at radius 3 is 2.71 bits per heavy atom. The number of benzene rings is 1. The second-order valence-electron chi connectivity index (χ2n) is 5.22. The molecule has 1 saturated heterocycles. The molecule has 1 aliphatic rings. The Morgan fingerprint density at radius 2 is 2.12 bits per heavy atom. The summed E-state index contributed by atoms with van der Waals surface area (Å²) in [6.45, 7) is 7.19. The monoisotopic (exact) mass is 252 g/mol. The number of hydrogen-bond donors (Lipinski definition) is 1. The van der Waals surface area contributed by atoms with Crippen molar-refractivity contribution in [3.05, 3.63) is 28.8 Å². The SMILES string of the molecule is Cc1ccc(N2CC(=O)NC(C)(C)C2)cc1Cl. The Balaban J connectivity index is 2.27. The van der Waals surface area contributed by atoms with E-state index in [0.29, 0.717) is 6.54 Å². The lowest BCUT2D eigenvalue weighted by molar-refractivity contribution is -0.122. The smallest absolute Gasteiger partial charge is 0.239 e. The molecule has 4 heteroatoms. The molecule has 1 aromatic rings. The molecule has 0 radical (unpaired) electrons. The fourth-order valence-corrected chi connectivity index (χ4v) is 2.30. The highest BCUT2D eigenvalue weighted by atomic mass is 35.5. The Labute approximate surface area is 107 Å². The standard InChI is InChI=1S/C13H17ClN2O/c1-9-4-5-10(6-11(9)14)16-7-12(17)15-13(2,3)8-16/h4-6H,7-8H2,1-3H3,(H,15,17). The van der Waals surface area contributed by atoms with E-state index in [4.69, 9.17) is 11.6 Å². The highest BCUT2D eigenvalue weighted by Gasteiger charge is 2.30. The highest BCUT2D eigenvalue weighted by Crippen LogP contribution is 2.25. The van der Waals surface area contributed by atoms with Crippen LogP contribution in [0.1, 0.15) is 19.4 Å². The lowest BCUT2D eigenvalue weighted by atomic mass is 10.0. The van der Waals surface area contributed by atoms with E-state index in [-0.39, 0.29) is 11.4 Å². The van der Waals surface area contributed by atoms with Crippen molar-refractivity contribution >= 4 is 23.2 Å². The maximum Gasteiger partial charge on any atom is 0.239 e. The van der Waals surface area contributed by atoms with Crippen LogP contribution in [0.3, 0.4) is 0 Å². The van der Waals surface area contributed by atoms with Gasteiger partial charge >= 0.3 is 0 Å². The van der Waals surface area contributed by atoms with Crippen LogP contribution in [0.2, 0.25) is 5.02 Å². The average Bonchev–Trinajstić information content (AvgIpc) is 2.19. The number of nitrogens with zero attached hydrogens (tertiary/aromatic N) is 1. The summed E-state index contributed by atoms with van der Waals surface area (Å²) in [5, 5.41) is 3.71. The maximum absolute atomic E-state index is 11.6. The molecule has 3 nitrogen and oxygen atoms in total. The van der Waals surface area contributed by atoms with E-state index in [0.717, 1.165) is 22.8 Å². The number of amides is 1. The average molecular weight is 253 g/mol. The quantitative estimate of drug-likeness (QED) is 0.832. The van der Waals surface area contributed by atoms with E-state index in [1.165, 1.54) is 0 Å². The molecule has 1 heterocycles. The number of hydrogen-bond acceptors (Lipinski definition) is 2. The lowest BCUT2D eigenvalue weighted by Crippen LogP contribution is -2.60. The molecule has 17 heavy (non-hydrogen) atoms. The van der Waals surface area contributed by atoms with E-state index in [1.54, 1.807) is 0 Å². The summed E-state index contributed by atoms with van der Waals surface area (Å²) in [6.07, 6.45) is 0. The van der Waals surface area contributed by atoms with Gasteiger partial charge in [-0.15, -0.1) is 0 Å². The van der Waals surface area contributed by atoms with Gasteiger partial charge in [-0.2, -0.15) is 0 Å². The molecule has 2 rings (SSSR count). The molecule has 0 aliphatic carbocycles. The number of anilines is 1. The van der Waals surface area contributed by atoms with Crippen LogP contribution >= 0.6 is 11.6 Å². The van der Waals surface area contributed by atoms with Crippen molar-refractivity contribution in [3.63, 3.8) is 0 Å². The zero-order valence-electron chi connectivity index (χ0n) is 10.4. The van der Waals surface area contributed by atoms with Crippen LogP contribution in [-0.4, -0.2) is 24.5 Å². The second kappa shape index (κ2) is 4.22. The summed E-state index contributed by atoms with van der Waals surface area (Å²) >= 11 is 6.11. The highest BCUT2D eigenvalue weighted by molar-refractivity contribution is 6.31. The van der Waals surface area contributed by atoms with Crippen molar-refractivity contribution in [3.8, 4) is 0 Å². The van der Waals surface area contributed by atoms with Crippen LogP contribution in [0.5, 0.6) is 0 Å². The van der Waals surface area contributed by atoms with Crippen molar-refractivity contribution < 1.29 is 4.79 Å². The first-order valence-electron chi connectivity index (χ1n) is 5.69. The molecule has 1 amide bonds. The third-order valence-corrected chi connectivity index (χ3v) is 3.33. The number of rotatable bonds is 1. The summed E-state index contributed by atoms with van der Waals surface area (Å²) in [6, 6.07) is 5.92. The number of carbonyl (C=O) groups excluding carboxylic acids is 1. The van der Waals surface area contributed by atoms with Gasteiger partial charge in [-0.25, -0.2) is 0 Å². The molecule has 0 saturated carbocycles. The van der Waals surface area contributed by atoms with Gasteiger partial charge in [0.1, 0.15) is 0 Å². The topological polar surface area (TPSA) is 32.3 Å². The van der Waals surface area contributed by atoms with E-state index in [1.807, 2.05) is 39.0 Å². The normalized spacial score (nSPS) is 19.1. The summed E-state index contributed by atoms with van der Waals surface area (Å²) in [5.74, 6) is 0.0537. The zero-order chi connectivity index (χ0) is 12.6.